The molecule has 0 saturated heterocycles. The minimum Gasteiger partial charge on any atom is -0.493 e. The first-order valence-corrected chi connectivity index (χ1v) is 7.55. The molecule has 0 spiro atoms. The van der Waals surface area contributed by atoms with E-state index in [1.54, 1.807) is 24.1 Å². The molecular weight excluding hydrogens is 266 g/mol. The number of rotatable bonds is 8. The van der Waals surface area contributed by atoms with Crippen LogP contribution in [0, 0.1) is 5.92 Å². The number of carbonyl (C=O) groups excluding carboxylic acids is 1. The monoisotopic (exact) mass is 293 g/mol. The Kier molecular flexibility index (Phi) is 7.06. The summed E-state index contributed by atoms with van der Waals surface area (Å²) in [6, 6.07) is 5.36. The second kappa shape index (κ2) is 8.55. The van der Waals surface area contributed by atoms with Crippen molar-refractivity contribution in [1.29, 1.82) is 0 Å². The molecule has 0 fully saturated rings. The second-order valence-electron chi connectivity index (χ2n) is 5.65. The molecule has 0 aromatic heterocycles. The van der Waals surface area contributed by atoms with Crippen LogP contribution in [0.4, 0.5) is 0 Å². The summed E-state index contributed by atoms with van der Waals surface area (Å²) in [6.45, 7) is 7.69. The summed E-state index contributed by atoms with van der Waals surface area (Å²) in [5, 5.41) is 0. The smallest absolute Gasteiger partial charge is 0.253 e. The van der Waals surface area contributed by atoms with E-state index in [2.05, 4.69) is 20.8 Å². The first kappa shape index (κ1) is 17.3. The topological polar surface area (TPSA) is 38.8 Å². The molecule has 0 aliphatic rings. The van der Waals surface area contributed by atoms with Crippen LogP contribution in [-0.2, 0) is 0 Å². The van der Waals surface area contributed by atoms with Gasteiger partial charge in [-0.3, -0.25) is 4.79 Å². The zero-order valence-electron chi connectivity index (χ0n) is 13.8. The van der Waals surface area contributed by atoms with Crippen molar-refractivity contribution in [2.24, 2.45) is 5.92 Å². The average Bonchev–Trinajstić information content (AvgIpc) is 2.46. The lowest BCUT2D eigenvalue weighted by Crippen LogP contribution is -2.30. The van der Waals surface area contributed by atoms with Crippen molar-refractivity contribution >= 4 is 5.91 Å². The van der Waals surface area contributed by atoms with Crippen molar-refractivity contribution in [3.8, 4) is 11.5 Å². The van der Waals surface area contributed by atoms with Gasteiger partial charge in [-0.2, -0.15) is 0 Å². The standard InChI is InChI=1S/C17H27NO3/c1-6-7-10-21-15-9-8-14(11-16(15)20-5)17(19)18(4)12-13(2)3/h8-9,11,13H,6-7,10,12H2,1-5H3. The van der Waals surface area contributed by atoms with Crippen LogP contribution in [-0.4, -0.2) is 38.1 Å². The Morgan fingerprint density at radius 1 is 1.29 bits per heavy atom. The van der Waals surface area contributed by atoms with Gasteiger partial charge in [-0.25, -0.2) is 0 Å². The lowest BCUT2D eigenvalue weighted by Gasteiger charge is -2.20. The Morgan fingerprint density at radius 2 is 2.00 bits per heavy atom. The second-order valence-corrected chi connectivity index (χ2v) is 5.65. The van der Waals surface area contributed by atoms with Crippen LogP contribution in [0.3, 0.4) is 0 Å². The Hall–Kier alpha value is -1.71. The molecule has 4 heteroatoms. The highest BCUT2D eigenvalue weighted by atomic mass is 16.5. The van der Waals surface area contributed by atoms with Gasteiger partial charge in [0, 0.05) is 19.2 Å². The summed E-state index contributed by atoms with van der Waals surface area (Å²) >= 11 is 0. The molecule has 0 bridgehead atoms. The number of ether oxygens (including phenoxy) is 2. The Bertz CT molecular complexity index is 457. The molecule has 0 radical (unpaired) electrons. The van der Waals surface area contributed by atoms with E-state index in [1.165, 1.54) is 0 Å². The Labute approximate surface area is 128 Å². The fraction of sp³-hybridized carbons (Fsp3) is 0.588. The number of hydrogen-bond acceptors (Lipinski definition) is 3. The van der Waals surface area contributed by atoms with Crippen LogP contribution in [0.1, 0.15) is 44.0 Å². The van der Waals surface area contributed by atoms with E-state index in [9.17, 15) is 4.79 Å². The highest BCUT2D eigenvalue weighted by Crippen LogP contribution is 2.28. The van der Waals surface area contributed by atoms with E-state index in [-0.39, 0.29) is 5.91 Å². The minimum absolute atomic E-state index is 0.00195. The Balaban J connectivity index is 2.83. The molecule has 1 aromatic rings. The molecule has 118 valence electrons. The van der Waals surface area contributed by atoms with Crippen LogP contribution < -0.4 is 9.47 Å². The number of benzene rings is 1. The van der Waals surface area contributed by atoms with E-state index >= 15 is 0 Å². The van der Waals surface area contributed by atoms with Crippen LogP contribution in [0.5, 0.6) is 11.5 Å². The molecule has 21 heavy (non-hydrogen) atoms. The van der Waals surface area contributed by atoms with Crippen molar-refractivity contribution in [3.05, 3.63) is 23.8 Å². The average molecular weight is 293 g/mol. The zero-order valence-corrected chi connectivity index (χ0v) is 13.8. The van der Waals surface area contributed by atoms with Gasteiger partial charge < -0.3 is 14.4 Å². The summed E-state index contributed by atoms with van der Waals surface area (Å²) in [5.74, 6) is 1.74. The van der Waals surface area contributed by atoms with Crippen LogP contribution in [0.25, 0.3) is 0 Å². The van der Waals surface area contributed by atoms with Gasteiger partial charge in [0.05, 0.1) is 13.7 Å². The van der Waals surface area contributed by atoms with Gasteiger partial charge in [0.1, 0.15) is 0 Å². The first-order chi connectivity index (χ1) is 9.99. The van der Waals surface area contributed by atoms with Gasteiger partial charge in [0.25, 0.3) is 5.91 Å². The third-order valence-corrected chi connectivity index (χ3v) is 3.15. The molecule has 0 saturated carbocycles. The summed E-state index contributed by atoms with van der Waals surface area (Å²) < 4.78 is 11.0. The predicted molar refractivity (Wildman–Crippen MR) is 85.2 cm³/mol. The van der Waals surface area contributed by atoms with Crippen molar-refractivity contribution in [1.82, 2.24) is 4.90 Å². The molecule has 0 aliphatic heterocycles. The molecule has 0 N–H and O–H groups in total. The maximum Gasteiger partial charge on any atom is 0.253 e. The molecule has 0 heterocycles. The normalized spacial score (nSPS) is 10.6. The van der Waals surface area contributed by atoms with E-state index in [1.807, 2.05) is 13.1 Å². The molecule has 1 rings (SSSR count). The third kappa shape index (κ3) is 5.29. The molecule has 0 atom stereocenters. The number of unbranched alkanes of at least 4 members (excludes halogenated alkanes) is 1. The van der Waals surface area contributed by atoms with Crippen LogP contribution >= 0.6 is 0 Å². The van der Waals surface area contributed by atoms with Crippen LogP contribution in [0.2, 0.25) is 0 Å². The summed E-state index contributed by atoms with van der Waals surface area (Å²) in [6.07, 6.45) is 2.08. The number of carbonyl (C=O) groups is 1. The number of nitrogens with zero attached hydrogens (tertiary/aromatic N) is 1. The van der Waals surface area contributed by atoms with Gasteiger partial charge in [0.2, 0.25) is 0 Å². The maximum absolute atomic E-state index is 12.3. The van der Waals surface area contributed by atoms with E-state index < -0.39 is 0 Å². The van der Waals surface area contributed by atoms with Gasteiger partial charge >= 0.3 is 0 Å². The van der Waals surface area contributed by atoms with E-state index in [4.69, 9.17) is 9.47 Å². The SMILES string of the molecule is CCCCOc1ccc(C(=O)N(C)CC(C)C)cc1OC. The number of methoxy groups -OCH3 is 1. The molecule has 1 amide bonds. The van der Waals surface area contributed by atoms with Gasteiger partial charge in [-0.1, -0.05) is 27.2 Å². The summed E-state index contributed by atoms with van der Waals surface area (Å²) in [4.78, 5) is 14.1. The fourth-order valence-corrected chi connectivity index (χ4v) is 2.10. The highest BCUT2D eigenvalue weighted by molar-refractivity contribution is 5.94. The molecular formula is C17H27NO3. The third-order valence-electron chi connectivity index (χ3n) is 3.15. The van der Waals surface area contributed by atoms with Crippen molar-refractivity contribution in [2.75, 3.05) is 27.3 Å². The first-order valence-electron chi connectivity index (χ1n) is 7.55. The highest BCUT2D eigenvalue weighted by Gasteiger charge is 2.15. The molecule has 0 aliphatic carbocycles. The Morgan fingerprint density at radius 3 is 2.57 bits per heavy atom. The van der Waals surface area contributed by atoms with Gasteiger partial charge in [0.15, 0.2) is 11.5 Å². The molecule has 4 nitrogen and oxygen atoms in total. The van der Waals surface area contributed by atoms with Crippen molar-refractivity contribution in [2.45, 2.75) is 33.6 Å². The van der Waals surface area contributed by atoms with Gasteiger partial charge in [-0.15, -0.1) is 0 Å². The minimum atomic E-state index is 0.00195. The number of hydrogen-bond donors (Lipinski definition) is 0. The largest absolute Gasteiger partial charge is 0.493 e. The van der Waals surface area contributed by atoms with E-state index in [0.29, 0.717) is 29.6 Å². The number of amides is 1. The fourth-order valence-electron chi connectivity index (χ4n) is 2.10. The maximum atomic E-state index is 12.3. The quantitative estimate of drug-likeness (QED) is 0.687. The van der Waals surface area contributed by atoms with Gasteiger partial charge in [-0.05, 0) is 30.5 Å². The zero-order chi connectivity index (χ0) is 15.8. The van der Waals surface area contributed by atoms with E-state index in [0.717, 1.165) is 19.4 Å². The summed E-state index contributed by atoms with van der Waals surface area (Å²) in [7, 11) is 3.41. The molecule has 0 unspecified atom stereocenters. The lowest BCUT2D eigenvalue weighted by atomic mass is 10.1. The van der Waals surface area contributed by atoms with Crippen molar-refractivity contribution in [3.63, 3.8) is 0 Å². The van der Waals surface area contributed by atoms with Crippen molar-refractivity contribution < 1.29 is 14.3 Å². The van der Waals surface area contributed by atoms with Crippen LogP contribution in [0.15, 0.2) is 18.2 Å². The molecule has 1 aromatic carbocycles. The predicted octanol–water partition coefficient (Wildman–Crippen LogP) is 3.60. The lowest BCUT2D eigenvalue weighted by molar-refractivity contribution is 0.0778. The summed E-state index contributed by atoms with van der Waals surface area (Å²) in [5.41, 5.74) is 0.623.